The summed E-state index contributed by atoms with van der Waals surface area (Å²) in [5.74, 6) is 1.49. The highest BCUT2D eigenvalue weighted by atomic mass is 16.3. The molecule has 3 heterocycles. The smallest absolute Gasteiger partial charge is 0.167 e. The summed E-state index contributed by atoms with van der Waals surface area (Å²) in [6.45, 7) is 6.54. The maximum absolute atomic E-state index is 9.40. The lowest BCUT2D eigenvalue weighted by Gasteiger charge is -2.26. The van der Waals surface area contributed by atoms with Gasteiger partial charge >= 0.3 is 0 Å². The minimum Gasteiger partial charge on any atom is -0.468 e. The van der Waals surface area contributed by atoms with Crippen molar-refractivity contribution in [2.45, 2.75) is 32.7 Å². The summed E-state index contributed by atoms with van der Waals surface area (Å²) in [6, 6.07) is 6.29. The third kappa shape index (κ3) is 3.20. The molecule has 1 saturated heterocycles. The van der Waals surface area contributed by atoms with Gasteiger partial charge in [-0.05, 0) is 57.5 Å². The molecule has 0 radical (unpaired) electrons. The molecule has 1 fully saturated rings. The van der Waals surface area contributed by atoms with Crippen molar-refractivity contribution in [3.63, 3.8) is 0 Å². The van der Waals surface area contributed by atoms with Gasteiger partial charge in [-0.15, -0.1) is 5.10 Å². The summed E-state index contributed by atoms with van der Waals surface area (Å²) in [5, 5.41) is 21.0. The molecule has 3 rings (SSSR count). The van der Waals surface area contributed by atoms with E-state index >= 15 is 0 Å². The molecular formula is C17H21N5O. The van der Waals surface area contributed by atoms with Crippen LogP contribution >= 0.6 is 0 Å². The first-order valence-electron chi connectivity index (χ1n) is 7.96. The second-order valence-electron chi connectivity index (χ2n) is 5.90. The number of aryl methyl sites for hydroxylation is 1. The number of rotatable bonds is 5. The fraction of sp³-hybridized carbons (Fsp3) is 0.471. The summed E-state index contributed by atoms with van der Waals surface area (Å²) in [5.41, 5.74) is 2.23. The molecule has 2 aromatic rings. The Labute approximate surface area is 136 Å². The first kappa shape index (κ1) is 15.5. The van der Waals surface area contributed by atoms with Gasteiger partial charge in [0.05, 0.1) is 18.0 Å². The van der Waals surface area contributed by atoms with E-state index in [0.29, 0.717) is 17.9 Å². The van der Waals surface area contributed by atoms with Crippen LogP contribution in [0.3, 0.4) is 0 Å². The third-order valence-corrected chi connectivity index (χ3v) is 4.48. The highest BCUT2D eigenvalue weighted by molar-refractivity contribution is 5.55. The van der Waals surface area contributed by atoms with Gasteiger partial charge in [-0.3, -0.25) is 4.90 Å². The zero-order chi connectivity index (χ0) is 16.2. The average molecular weight is 311 g/mol. The van der Waals surface area contributed by atoms with Crippen molar-refractivity contribution in [2.24, 2.45) is 0 Å². The van der Waals surface area contributed by atoms with Gasteiger partial charge in [0.25, 0.3) is 0 Å². The van der Waals surface area contributed by atoms with Gasteiger partial charge < -0.3 is 9.73 Å². The van der Waals surface area contributed by atoms with Gasteiger partial charge in [0.1, 0.15) is 17.4 Å². The van der Waals surface area contributed by atoms with E-state index in [9.17, 15) is 5.26 Å². The molecule has 2 aromatic heterocycles. The Hall–Kier alpha value is -2.39. The Morgan fingerprint density at radius 2 is 2.13 bits per heavy atom. The Bertz CT molecular complexity index is 699. The molecule has 0 aromatic carbocycles. The van der Waals surface area contributed by atoms with Gasteiger partial charge in [0.2, 0.25) is 0 Å². The number of nitriles is 1. The van der Waals surface area contributed by atoms with E-state index in [0.717, 1.165) is 30.1 Å². The van der Waals surface area contributed by atoms with Crippen LogP contribution in [0.15, 0.2) is 22.8 Å². The van der Waals surface area contributed by atoms with Crippen molar-refractivity contribution < 1.29 is 4.42 Å². The normalized spacial score (nSPS) is 16.2. The molecule has 0 spiro atoms. The second-order valence-corrected chi connectivity index (χ2v) is 5.90. The van der Waals surface area contributed by atoms with E-state index in [-0.39, 0.29) is 6.04 Å². The van der Waals surface area contributed by atoms with E-state index < -0.39 is 0 Å². The summed E-state index contributed by atoms with van der Waals surface area (Å²) < 4.78 is 5.61. The number of anilines is 1. The Kier molecular flexibility index (Phi) is 4.58. The van der Waals surface area contributed by atoms with Crippen LogP contribution in [0.1, 0.15) is 41.5 Å². The van der Waals surface area contributed by atoms with Crippen LogP contribution in [0.2, 0.25) is 0 Å². The van der Waals surface area contributed by atoms with Crippen molar-refractivity contribution in [1.82, 2.24) is 15.1 Å². The number of likely N-dealkylation sites (tertiary alicyclic amines) is 1. The number of hydrogen-bond donors (Lipinski definition) is 1. The van der Waals surface area contributed by atoms with Crippen LogP contribution in [0.25, 0.3) is 0 Å². The topological polar surface area (TPSA) is 78.0 Å². The zero-order valence-corrected chi connectivity index (χ0v) is 13.5. The quantitative estimate of drug-likeness (QED) is 0.915. The second kappa shape index (κ2) is 6.80. The van der Waals surface area contributed by atoms with Crippen molar-refractivity contribution in [3.05, 3.63) is 41.0 Å². The highest BCUT2D eigenvalue weighted by Gasteiger charge is 2.26. The van der Waals surface area contributed by atoms with Crippen molar-refractivity contribution in [3.8, 4) is 6.07 Å². The Morgan fingerprint density at radius 1 is 1.35 bits per heavy atom. The standard InChI is InChI=1S/C17H21N5O/c1-12-13(2)20-21-17(14(12)10-18)19-11-15(16-6-5-9-23-16)22-7-3-4-8-22/h5-6,9,15H,3-4,7-8,11H2,1-2H3,(H,19,21)/t15-/m1/s1. The summed E-state index contributed by atoms with van der Waals surface area (Å²) in [6.07, 6.45) is 4.13. The molecule has 0 bridgehead atoms. The van der Waals surface area contributed by atoms with Gasteiger partial charge in [-0.2, -0.15) is 10.4 Å². The van der Waals surface area contributed by atoms with Crippen molar-refractivity contribution in [1.29, 1.82) is 5.26 Å². The maximum atomic E-state index is 9.40. The molecule has 23 heavy (non-hydrogen) atoms. The molecule has 0 aliphatic carbocycles. The first-order chi connectivity index (χ1) is 11.2. The minimum absolute atomic E-state index is 0.141. The molecule has 1 aliphatic heterocycles. The molecule has 0 unspecified atom stereocenters. The van der Waals surface area contributed by atoms with Crippen LogP contribution in [0, 0.1) is 25.2 Å². The average Bonchev–Trinajstić information content (AvgIpc) is 3.25. The van der Waals surface area contributed by atoms with Crippen LogP contribution in [-0.4, -0.2) is 34.7 Å². The number of hydrogen-bond acceptors (Lipinski definition) is 6. The molecule has 6 nitrogen and oxygen atoms in total. The van der Waals surface area contributed by atoms with Crippen LogP contribution in [0.5, 0.6) is 0 Å². The SMILES string of the molecule is Cc1nnc(NC[C@H](c2ccco2)N2CCCC2)c(C#N)c1C. The molecule has 1 aliphatic rings. The predicted molar refractivity (Wildman–Crippen MR) is 87.0 cm³/mol. The van der Waals surface area contributed by atoms with Crippen LogP contribution < -0.4 is 5.32 Å². The number of nitrogens with zero attached hydrogens (tertiary/aromatic N) is 4. The highest BCUT2D eigenvalue weighted by Crippen LogP contribution is 2.26. The summed E-state index contributed by atoms with van der Waals surface area (Å²) >= 11 is 0. The van der Waals surface area contributed by atoms with E-state index in [1.807, 2.05) is 26.0 Å². The Balaban J connectivity index is 1.80. The van der Waals surface area contributed by atoms with Gasteiger partial charge in [0.15, 0.2) is 5.82 Å². The predicted octanol–water partition coefficient (Wildman–Crippen LogP) is 2.81. The largest absolute Gasteiger partial charge is 0.468 e. The number of aromatic nitrogens is 2. The lowest BCUT2D eigenvalue weighted by atomic mass is 10.1. The van der Waals surface area contributed by atoms with Crippen molar-refractivity contribution in [2.75, 3.05) is 25.0 Å². The minimum atomic E-state index is 0.141. The summed E-state index contributed by atoms with van der Waals surface area (Å²) in [4.78, 5) is 2.41. The van der Waals surface area contributed by atoms with Crippen LogP contribution in [0.4, 0.5) is 5.82 Å². The number of furan rings is 1. The number of nitrogens with one attached hydrogen (secondary N) is 1. The fourth-order valence-corrected chi connectivity index (χ4v) is 3.01. The molecule has 1 N–H and O–H groups in total. The van der Waals surface area contributed by atoms with Gasteiger partial charge in [-0.1, -0.05) is 0 Å². The molecule has 6 heteroatoms. The van der Waals surface area contributed by atoms with E-state index in [1.54, 1.807) is 6.26 Å². The third-order valence-electron chi connectivity index (χ3n) is 4.48. The van der Waals surface area contributed by atoms with Gasteiger partial charge in [0, 0.05) is 6.54 Å². The van der Waals surface area contributed by atoms with Crippen molar-refractivity contribution >= 4 is 5.82 Å². The lowest BCUT2D eigenvalue weighted by molar-refractivity contribution is 0.225. The molecular weight excluding hydrogens is 290 g/mol. The molecule has 1 atom stereocenters. The molecule has 0 amide bonds. The monoisotopic (exact) mass is 311 g/mol. The zero-order valence-electron chi connectivity index (χ0n) is 13.5. The first-order valence-corrected chi connectivity index (χ1v) is 7.96. The molecule has 120 valence electrons. The molecule has 0 saturated carbocycles. The maximum Gasteiger partial charge on any atom is 0.167 e. The Morgan fingerprint density at radius 3 is 2.78 bits per heavy atom. The summed E-state index contributed by atoms with van der Waals surface area (Å²) in [7, 11) is 0. The van der Waals surface area contributed by atoms with E-state index in [2.05, 4.69) is 26.5 Å². The van der Waals surface area contributed by atoms with E-state index in [1.165, 1.54) is 12.8 Å². The van der Waals surface area contributed by atoms with Crippen LogP contribution in [-0.2, 0) is 0 Å². The van der Waals surface area contributed by atoms with E-state index in [4.69, 9.17) is 4.42 Å². The lowest BCUT2D eigenvalue weighted by Crippen LogP contribution is -2.31. The van der Waals surface area contributed by atoms with Gasteiger partial charge in [-0.25, -0.2) is 0 Å². The fourth-order valence-electron chi connectivity index (χ4n) is 3.01.